The van der Waals surface area contributed by atoms with Crippen molar-refractivity contribution in [3.8, 4) is 5.69 Å². The van der Waals surface area contributed by atoms with Gasteiger partial charge >= 0.3 is 5.00 Å². The molecule has 1 N–H and O–H groups in total. The van der Waals surface area contributed by atoms with Gasteiger partial charge in [-0.25, -0.2) is 4.68 Å². The zero-order valence-corrected chi connectivity index (χ0v) is 26.8. The van der Waals surface area contributed by atoms with Crippen LogP contribution in [0.4, 0.5) is 16.8 Å². The first-order valence-electron chi connectivity index (χ1n) is 15.1. The van der Waals surface area contributed by atoms with E-state index in [4.69, 9.17) is 24.2 Å². The number of carbonyl (C=O) groups is 1. The summed E-state index contributed by atoms with van der Waals surface area (Å²) in [6.45, 7) is 12.3. The number of hydrogen-bond donors (Lipinski definition) is 1. The van der Waals surface area contributed by atoms with E-state index >= 15 is 0 Å². The summed E-state index contributed by atoms with van der Waals surface area (Å²) >= 11 is 0.808. The Hall–Kier alpha value is -3.98. The molecule has 1 atom stereocenters. The van der Waals surface area contributed by atoms with Crippen molar-refractivity contribution in [3.05, 3.63) is 63.1 Å². The van der Waals surface area contributed by atoms with E-state index in [1.807, 2.05) is 19.1 Å². The second kappa shape index (κ2) is 14.4. The van der Waals surface area contributed by atoms with Crippen LogP contribution in [-0.2, 0) is 19.6 Å². The molecule has 0 radical (unpaired) electrons. The number of fused-ring (bicyclic) bond motifs is 1. The maximum absolute atomic E-state index is 13.2. The fourth-order valence-corrected chi connectivity index (χ4v) is 5.82. The molecule has 1 aliphatic heterocycles. The summed E-state index contributed by atoms with van der Waals surface area (Å²) in [5.41, 5.74) is 2.54. The first-order valence-corrected chi connectivity index (χ1v) is 15.9. The van der Waals surface area contributed by atoms with E-state index in [9.17, 15) is 14.9 Å². The first-order chi connectivity index (χ1) is 21.7. The summed E-state index contributed by atoms with van der Waals surface area (Å²) in [6, 6.07) is 10.9. The number of ether oxygens (including phenoxy) is 3. The van der Waals surface area contributed by atoms with Crippen LogP contribution in [0, 0.1) is 10.1 Å². The largest absolute Gasteiger partial charge is 0.379 e. The van der Waals surface area contributed by atoms with Crippen molar-refractivity contribution < 1.29 is 23.9 Å². The van der Waals surface area contributed by atoms with Crippen molar-refractivity contribution in [1.82, 2.24) is 19.7 Å². The number of benzene rings is 1. The van der Waals surface area contributed by atoms with E-state index < -0.39 is 10.8 Å². The number of nitro groups is 1. The van der Waals surface area contributed by atoms with Crippen LogP contribution >= 0.6 is 11.3 Å². The monoisotopic (exact) mass is 637 g/mol. The quantitative estimate of drug-likeness (QED) is 0.109. The number of carbonyl (C=O) groups excluding carboxylic acids is 1. The second-order valence-electron chi connectivity index (χ2n) is 11.7. The highest BCUT2D eigenvalue weighted by Crippen LogP contribution is 2.31. The zero-order valence-electron chi connectivity index (χ0n) is 26.0. The SMILES string of the molecule is CCOCCOCCOCC1CCCN1c1nc(NC(=O)c2ccc([N+](=O)[O-])s2)c2cnn(-c3ccc(C(C)(C)C)cc3)c2n1. The Bertz CT molecular complexity index is 1610. The number of thiophene rings is 1. The van der Waals surface area contributed by atoms with Gasteiger partial charge in [0.15, 0.2) is 5.65 Å². The Balaban J connectivity index is 1.42. The highest BCUT2D eigenvalue weighted by Gasteiger charge is 2.29. The number of aromatic nitrogens is 4. The van der Waals surface area contributed by atoms with E-state index in [1.54, 1.807) is 10.9 Å². The number of rotatable bonds is 14. The van der Waals surface area contributed by atoms with Gasteiger partial charge in [0.25, 0.3) is 5.91 Å². The van der Waals surface area contributed by atoms with Gasteiger partial charge in [0.1, 0.15) is 5.82 Å². The molecule has 5 rings (SSSR count). The summed E-state index contributed by atoms with van der Waals surface area (Å²) in [6.07, 6.45) is 3.47. The van der Waals surface area contributed by atoms with Gasteiger partial charge in [0, 0.05) is 19.2 Å². The average molecular weight is 638 g/mol. The van der Waals surface area contributed by atoms with Crippen LogP contribution in [-0.4, -0.2) is 82.8 Å². The van der Waals surface area contributed by atoms with E-state index in [0.717, 1.165) is 36.4 Å². The molecule has 240 valence electrons. The molecule has 45 heavy (non-hydrogen) atoms. The van der Waals surface area contributed by atoms with Crippen LogP contribution in [0.3, 0.4) is 0 Å². The number of anilines is 2. The fraction of sp³-hybridized carbons (Fsp3) is 0.484. The number of hydrogen-bond acceptors (Lipinski definition) is 11. The number of nitrogens with one attached hydrogen (secondary N) is 1. The molecule has 1 fully saturated rings. The molecule has 14 heteroatoms. The Morgan fingerprint density at radius 3 is 2.49 bits per heavy atom. The minimum absolute atomic E-state index is 0.00317. The Morgan fingerprint density at radius 1 is 1.07 bits per heavy atom. The van der Waals surface area contributed by atoms with Gasteiger partial charge in [-0.3, -0.25) is 14.9 Å². The third kappa shape index (κ3) is 7.82. The van der Waals surface area contributed by atoms with E-state index in [1.165, 1.54) is 17.7 Å². The molecule has 4 heterocycles. The second-order valence-corrected chi connectivity index (χ2v) is 12.7. The third-order valence-corrected chi connectivity index (χ3v) is 8.55. The van der Waals surface area contributed by atoms with Crippen LogP contribution in [0.5, 0.6) is 0 Å². The van der Waals surface area contributed by atoms with Gasteiger partial charge in [-0.1, -0.05) is 44.2 Å². The molecule has 3 aromatic heterocycles. The Kier molecular flexibility index (Phi) is 10.4. The predicted octanol–water partition coefficient (Wildman–Crippen LogP) is 5.37. The normalized spacial score (nSPS) is 15.2. The lowest BCUT2D eigenvalue weighted by atomic mass is 9.87. The smallest absolute Gasteiger partial charge is 0.324 e. The molecule has 13 nitrogen and oxygen atoms in total. The minimum Gasteiger partial charge on any atom is -0.379 e. The van der Waals surface area contributed by atoms with Crippen LogP contribution < -0.4 is 10.2 Å². The third-order valence-electron chi connectivity index (χ3n) is 7.51. The molecule has 4 aromatic rings. The predicted molar refractivity (Wildman–Crippen MR) is 173 cm³/mol. The molecule has 0 saturated carbocycles. The summed E-state index contributed by atoms with van der Waals surface area (Å²) < 4.78 is 18.5. The lowest BCUT2D eigenvalue weighted by molar-refractivity contribution is -0.380. The summed E-state index contributed by atoms with van der Waals surface area (Å²) in [5.74, 6) is 0.233. The van der Waals surface area contributed by atoms with Crippen LogP contribution in [0.15, 0.2) is 42.6 Å². The summed E-state index contributed by atoms with van der Waals surface area (Å²) in [7, 11) is 0. The number of nitrogens with zero attached hydrogens (tertiary/aromatic N) is 6. The maximum Gasteiger partial charge on any atom is 0.324 e. The molecular weight excluding hydrogens is 598 g/mol. The van der Waals surface area contributed by atoms with E-state index in [0.29, 0.717) is 56.6 Å². The molecule has 1 unspecified atom stereocenters. The van der Waals surface area contributed by atoms with Crippen LogP contribution in [0.1, 0.15) is 55.8 Å². The molecule has 1 amide bonds. The molecule has 0 spiro atoms. The van der Waals surface area contributed by atoms with Gasteiger partial charge in [0.2, 0.25) is 5.95 Å². The highest BCUT2D eigenvalue weighted by atomic mass is 32.1. The van der Waals surface area contributed by atoms with Crippen molar-refractivity contribution in [2.75, 3.05) is 56.4 Å². The maximum atomic E-state index is 13.2. The lowest BCUT2D eigenvalue weighted by Gasteiger charge is -2.25. The van der Waals surface area contributed by atoms with Crippen molar-refractivity contribution in [3.63, 3.8) is 0 Å². The molecule has 1 aliphatic rings. The molecule has 0 bridgehead atoms. The zero-order chi connectivity index (χ0) is 32.0. The van der Waals surface area contributed by atoms with Crippen molar-refractivity contribution in [1.29, 1.82) is 0 Å². The Morgan fingerprint density at radius 2 is 1.80 bits per heavy atom. The van der Waals surface area contributed by atoms with Crippen LogP contribution in [0.25, 0.3) is 16.7 Å². The fourth-order valence-electron chi connectivity index (χ4n) is 5.10. The Labute approximate surface area is 265 Å². The minimum atomic E-state index is -0.514. The topological polar surface area (TPSA) is 147 Å². The van der Waals surface area contributed by atoms with E-state index in [2.05, 4.69) is 48.2 Å². The number of amides is 1. The summed E-state index contributed by atoms with van der Waals surface area (Å²) in [5, 5.41) is 19.1. The first kappa shape index (κ1) is 32.4. The van der Waals surface area contributed by atoms with Gasteiger partial charge < -0.3 is 24.4 Å². The van der Waals surface area contributed by atoms with Crippen LogP contribution in [0.2, 0.25) is 0 Å². The average Bonchev–Trinajstić information content (AvgIpc) is 3.78. The molecule has 0 aliphatic carbocycles. The van der Waals surface area contributed by atoms with Gasteiger partial charge in [-0.2, -0.15) is 15.1 Å². The van der Waals surface area contributed by atoms with Crippen molar-refractivity contribution >= 4 is 45.0 Å². The van der Waals surface area contributed by atoms with Crippen molar-refractivity contribution in [2.24, 2.45) is 0 Å². The van der Waals surface area contributed by atoms with Crippen molar-refractivity contribution in [2.45, 2.75) is 52.0 Å². The standard InChI is InChI=1S/C31H39N7O6S/c1-5-42-15-16-43-17-18-44-20-23-7-6-14-36(23)30-34-27(33-29(39)25-12-13-26(45-25)38(40)41)24-19-32-37(28(24)35-30)22-10-8-21(9-11-22)31(2,3)4/h8-13,19,23H,5-7,14-18,20H2,1-4H3,(H,33,34,35,39). The highest BCUT2D eigenvalue weighted by molar-refractivity contribution is 7.17. The van der Waals surface area contributed by atoms with Gasteiger partial charge in [-0.15, -0.1) is 0 Å². The lowest BCUT2D eigenvalue weighted by Crippen LogP contribution is -2.35. The summed E-state index contributed by atoms with van der Waals surface area (Å²) in [4.78, 5) is 35.9. The molecule has 1 aromatic carbocycles. The van der Waals surface area contributed by atoms with Gasteiger partial charge in [0.05, 0.1) is 66.1 Å². The van der Waals surface area contributed by atoms with Gasteiger partial charge in [-0.05, 0) is 48.9 Å². The van der Waals surface area contributed by atoms with E-state index in [-0.39, 0.29) is 27.2 Å². The molecule has 1 saturated heterocycles. The molecular formula is C31H39N7O6S.